The highest BCUT2D eigenvalue weighted by Gasteiger charge is 2.17. The van der Waals surface area contributed by atoms with Gasteiger partial charge >= 0.3 is 0 Å². The Bertz CT molecular complexity index is 564. The lowest BCUT2D eigenvalue weighted by atomic mass is 10.1. The van der Waals surface area contributed by atoms with Gasteiger partial charge in [-0.2, -0.15) is 0 Å². The molecule has 0 saturated carbocycles. The Hall–Kier alpha value is -2.29. The maximum Gasteiger partial charge on any atom is 0.228 e. The number of hydrogen-bond acceptors (Lipinski definition) is 2. The first kappa shape index (κ1) is 9.90. The van der Waals surface area contributed by atoms with E-state index < -0.39 is 0 Å². The maximum absolute atomic E-state index is 11.2. The Morgan fingerprint density at radius 2 is 1.82 bits per heavy atom. The zero-order valence-corrected chi connectivity index (χ0v) is 9.14. The van der Waals surface area contributed by atoms with E-state index in [2.05, 4.69) is 5.32 Å². The largest absolute Gasteiger partial charge is 0.457 e. The standard InChI is InChI=1S/C14H11NO2/c16-14-9-10-8-12(6-7-13(10)15-14)17-11-4-2-1-3-5-11/h1-8H,9H2,(H,15,16). The van der Waals surface area contributed by atoms with Crippen LogP contribution in [0.1, 0.15) is 5.56 Å². The molecule has 0 radical (unpaired) electrons. The lowest BCUT2D eigenvalue weighted by molar-refractivity contribution is -0.115. The van der Waals surface area contributed by atoms with E-state index in [0.717, 1.165) is 22.7 Å². The van der Waals surface area contributed by atoms with Gasteiger partial charge in [0.15, 0.2) is 0 Å². The molecule has 84 valence electrons. The van der Waals surface area contributed by atoms with E-state index in [1.807, 2.05) is 48.5 Å². The molecule has 1 heterocycles. The third-order valence-electron chi connectivity index (χ3n) is 2.68. The fraction of sp³-hybridized carbons (Fsp3) is 0.0714. The highest BCUT2D eigenvalue weighted by atomic mass is 16.5. The number of carbonyl (C=O) groups excluding carboxylic acids is 1. The summed E-state index contributed by atoms with van der Waals surface area (Å²) in [5, 5.41) is 2.79. The lowest BCUT2D eigenvalue weighted by Crippen LogP contribution is -2.03. The van der Waals surface area contributed by atoms with Gasteiger partial charge in [-0.05, 0) is 35.9 Å². The van der Waals surface area contributed by atoms with Crippen LogP contribution in [0.2, 0.25) is 0 Å². The molecule has 0 aliphatic carbocycles. The predicted molar refractivity (Wildman–Crippen MR) is 65.3 cm³/mol. The van der Waals surface area contributed by atoms with Crippen LogP contribution in [-0.2, 0) is 11.2 Å². The van der Waals surface area contributed by atoms with Crippen LogP contribution in [0.15, 0.2) is 48.5 Å². The zero-order valence-electron chi connectivity index (χ0n) is 9.14. The van der Waals surface area contributed by atoms with Gasteiger partial charge in [0, 0.05) is 5.69 Å². The summed E-state index contributed by atoms with van der Waals surface area (Å²) >= 11 is 0. The Balaban J connectivity index is 1.86. The van der Waals surface area contributed by atoms with Gasteiger partial charge in [0.2, 0.25) is 5.91 Å². The molecule has 0 fully saturated rings. The quantitative estimate of drug-likeness (QED) is 0.853. The highest BCUT2D eigenvalue weighted by Crippen LogP contribution is 2.29. The first-order valence-corrected chi connectivity index (χ1v) is 5.47. The monoisotopic (exact) mass is 225 g/mol. The number of para-hydroxylation sites is 1. The first-order chi connectivity index (χ1) is 8.31. The summed E-state index contributed by atoms with van der Waals surface area (Å²) in [5.41, 5.74) is 1.87. The minimum Gasteiger partial charge on any atom is -0.457 e. The number of nitrogens with one attached hydrogen (secondary N) is 1. The Morgan fingerprint density at radius 1 is 1.00 bits per heavy atom. The molecule has 0 unspecified atom stereocenters. The molecule has 3 rings (SSSR count). The number of amides is 1. The molecular weight excluding hydrogens is 214 g/mol. The normalized spacial score (nSPS) is 13.1. The summed E-state index contributed by atoms with van der Waals surface area (Å²) in [5.74, 6) is 1.59. The van der Waals surface area contributed by atoms with E-state index in [0.29, 0.717) is 6.42 Å². The Kier molecular flexibility index (Phi) is 2.29. The van der Waals surface area contributed by atoms with Crippen molar-refractivity contribution in [3.05, 3.63) is 54.1 Å². The van der Waals surface area contributed by atoms with E-state index >= 15 is 0 Å². The van der Waals surface area contributed by atoms with E-state index in [4.69, 9.17) is 4.74 Å². The van der Waals surface area contributed by atoms with Crippen LogP contribution in [0.3, 0.4) is 0 Å². The molecule has 17 heavy (non-hydrogen) atoms. The number of fused-ring (bicyclic) bond motifs is 1. The van der Waals surface area contributed by atoms with Crippen molar-refractivity contribution in [3.63, 3.8) is 0 Å². The van der Waals surface area contributed by atoms with Crippen LogP contribution in [0.4, 0.5) is 5.69 Å². The minimum absolute atomic E-state index is 0.0388. The fourth-order valence-corrected chi connectivity index (χ4v) is 1.89. The predicted octanol–water partition coefficient (Wildman–Crippen LogP) is 2.97. The summed E-state index contributed by atoms with van der Waals surface area (Å²) in [7, 11) is 0. The molecule has 1 aliphatic rings. The zero-order chi connectivity index (χ0) is 11.7. The summed E-state index contributed by atoms with van der Waals surface area (Å²) in [4.78, 5) is 11.2. The van der Waals surface area contributed by atoms with Gasteiger partial charge < -0.3 is 10.1 Å². The average Bonchev–Trinajstić information content (AvgIpc) is 2.70. The van der Waals surface area contributed by atoms with Crippen molar-refractivity contribution in [2.45, 2.75) is 6.42 Å². The molecule has 2 aromatic carbocycles. The van der Waals surface area contributed by atoms with Crippen LogP contribution >= 0.6 is 0 Å². The second kappa shape index (κ2) is 3.94. The van der Waals surface area contributed by atoms with Crippen molar-refractivity contribution in [2.24, 2.45) is 0 Å². The van der Waals surface area contributed by atoms with E-state index in [-0.39, 0.29) is 5.91 Å². The summed E-state index contributed by atoms with van der Waals surface area (Å²) in [6, 6.07) is 15.2. The SMILES string of the molecule is O=C1Cc2cc(Oc3ccccc3)ccc2N1. The average molecular weight is 225 g/mol. The third kappa shape index (κ3) is 1.99. The van der Waals surface area contributed by atoms with Crippen molar-refractivity contribution in [1.82, 2.24) is 0 Å². The van der Waals surface area contributed by atoms with Crippen LogP contribution in [0, 0.1) is 0 Å². The molecule has 2 aromatic rings. The number of hydrogen-bond donors (Lipinski definition) is 1. The number of ether oxygens (including phenoxy) is 1. The molecule has 0 saturated heterocycles. The van der Waals surface area contributed by atoms with Crippen LogP contribution in [0.25, 0.3) is 0 Å². The van der Waals surface area contributed by atoms with Gasteiger partial charge in [-0.15, -0.1) is 0 Å². The smallest absolute Gasteiger partial charge is 0.228 e. The molecule has 1 amide bonds. The summed E-state index contributed by atoms with van der Waals surface area (Å²) in [6.45, 7) is 0. The van der Waals surface area contributed by atoms with Crippen molar-refractivity contribution >= 4 is 11.6 Å². The van der Waals surface area contributed by atoms with E-state index in [1.54, 1.807) is 0 Å². The molecule has 0 atom stereocenters. The van der Waals surface area contributed by atoms with Crippen LogP contribution < -0.4 is 10.1 Å². The Labute approximate surface area is 99.0 Å². The molecule has 0 spiro atoms. The molecular formula is C14H11NO2. The number of benzene rings is 2. The van der Waals surface area contributed by atoms with Crippen molar-refractivity contribution in [1.29, 1.82) is 0 Å². The molecule has 1 N–H and O–H groups in total. The summed E-state index contributed by atoms with van der Waals surface area (Å²) in [6.07, 6.45) is 0.432. The fourth-order valence-electron chi connectivity index (χ4n) is 1.89. The molecule has 3 heteroatoms. The van der Waals surface area contributed by atoms with Crippen molar-refractivity contribution in [3.8, 4) is 11.5 Å². The molecule has 0 aromatic heterocycles. The minimum atomic E-state index is 0.0388. The topological polar surface area (TPSA) is 38.3 Å². The number of rotatable bonds is 2. The van der Waals surface area contributed by atoms with E-state index in [9.17, 15) is 4.79 Å². The Morgan fingerprint density at radius 3 is 2.65 bits per heavy atom. The van der Waals surface area contributed by atoms with E-state index in [1.165, 1.54) is 0 Å². The van der Waals surface area contributed by atoms with Crippen LogP contribution in [-0.4, -0.2) is 5.91 Å². The van der Waals surface area contributed by atoms with Gasteiger partial charge in [0.1, 0.15) is 11.5 Å². The van der Waals surface area contributed by atoms with Crippen LogP contribution in [0.5, 0.6) is 11.5 Å². The first-order valence-electron chi connectivity index (χ1n) is 5.47. The molecule has 0 bridgehead atoms. The van der Waals surface area contributed by atoms with Gasteiger partial charge in [-0.3, -0.25) is 4.79 Å². The lowest BCUT2D eigenvalue weighted by Gasteiger charge is -2.06. The highest BCUT2D eigenvalue weighted by molar-refractivity contribution is 5.99. The van der Waals surface area contributed by atoms with Crippen molar-refractivity contribution in [2.75, 3.05) is 5.32 Å². The van der Waals surface area contributed by atoms with Crippen molar-refractivity contribution < 1.29 is 9.53 Å². The molecule has 3 nitrogen and oxygen atoms in total. The van der Waals surface area contributed by atoms with Gasteiger partial charge in [0.05, 0.1) is 6.42 Å². The van der Waals surface area contributed by atoms with Gasteiger partial charge in [-0.25, -0.2) is 0 Å². The second-order valence-electron chi connectivity index (χ2n) is 3.96. The summed E-state index contributed by atoms with van der Waals surface area (Å²) < 4.78 is 5.70. The number of anilines is 1. The number of carbonyl (C=O) groups is 1. The maximum atomic E-state index is 11.2. The molecule has 1 aliphatic heterocycles. The van der Waals surface area contributed by atoms with Gasteiger partial charge in [-0.1, -0.05) is 18.2 Å². The third-order valence-corrected chi connectivity index (χ3v) is 2.68. The second-order valence-corrected chi connectivity index (χ2v) is 3.96. The van der Waals surface area contributed by atoms with Gasteiger partial charge in [0.25, 0.3) is 0 Å².